The number of carboxylic acid groups (broad SMARTS) is 1. The zero-order valence-corrected chi connectivity index (χ0v) is 16.4. The Labute approximate surface area is 162 Å². The summed E-state index contributed by atoms with van der Waals surface area (Å²) in [6.07, 6.45) is 2.93. The van der Waals surface area contributed by atoms with Gasteiger partial charge in [0.2, 0.25) is 0 Å². The molecule has 0 spiro atoms. The third-order valence-corrected chi connectivity index (χ3v) is 6.27. The third-order valence-electron chi connectivity index (χ3n) is 5.38. The summed E-state index contributed by atoms with van der Waals surface area (Å²) in [6.45, 7) is 5.82. The first-order chi connectivity index (χ1) is 13.0. The van der Waals surface area contributed by atoms with Crippen LogP contribution in [0.1, 0.15) is 38.2 Å². The average molecular weight is 382 g/mol. The molecule has 0 radical (unpaired) electrons. The van der Waals surface area contributed by atoms with Gasteiger partial charge in [-0.3, -0.25) is 4.79 Å². The topological polar surface area (TPSA) is 66.3 Å². The highest BCUT2D eigenvalue weighted by Crippen LogP contribution is 2.39. The highest BCUT2D eigenvalue weighted by atomic mass is 32.1. The number of thiophene rings is 1. The second-order valence-corrected chi connectivity index (χ2v) is 8.26. The Balaban J connectivity index is 1.71. The van der Waals surface area contributed by atoms with E-state index in [1.54, 1.807) is 17.7 Å². The minimum Gasteiger partial charge on any atom is -0.481 e. The molecule has 0 unspecified atom stereocenters. The molecular formula is C21H23N3O2S. The lowest BCUT2D eigenvalue weighted by atomic mass is 9.96. The molecule has 3 aromatic rings. The zero-order chi connectivity index (χ0) is 19.0. The van der Waals surface area contributed by atoms with E-state index in [9.17, 15) is 9.90 Å². The van der Waals surface area contributed by atoms with E-state index in [2.05, 4.69) is 58.4 Å². The van der Waals surface area contributed by atoms with Gasteiger partial charge in [0.05, 0.1) is 11.3 Å². The number of benzene rings is 1. The Hall–Kier alpha value is -2.47. The van der Waals surface area contributed by atoms with Crippen LogP contribution in [-0.4, -0.2) is 34.1 Å². The van der Waals surface area contributed by atoms with Gasteiger partial charge in [-0.2, -0.15) is 0 Å². The number of aliphatic carboxylic acids is 1. The first-order valence-electron chi connectivity index (χ1n) is 9.35. The van der Waals surface area contributed by atoms with Crippen LogP contribution >= 0.6 is 11.3 Å². The molecule has 1 aromatic carbocycles. The van der Waals surface area contributed by atoms with Crippen molar-refractivity contribution in [3.05, 3.63) is 41.5 Å². The molecule has 1 saturated heterocycles. The van der Waals surface area contributed by atoms with Crippen molar-refractivity contribution < 1.29 is 9.90 Å². The number of anilines is 1. The van der Waals surface area contributed by atoms with Crippen LogP contribution in [0.3, 0.4) is 0 Å². The smallest absolute Gasteiger partial charge is 0.306 e. The number of fused-ring (bicyclic) bond motifs is 1. The van der Waals surface area contributed by atoms with Crippen LogP contribution in [0.15, 0.2) is 36.0 Å². The van der Waals surface area contributed by atoms with Crippen molar-refractivity contribution in [1.29, 1.82) is 0 Å². The largest absolute Gasteiger partial charge is 0.481 e. The lowest BCUT2D eigenvalue weighted by Gasteiger charge is -2.31. The molecule has 1 aliphatic rings. The van der Waals surface area contributed by atoms with Crippen LogP contribution < -0.4 is 4.90 Å². The van der Waals surface area contributed by atoms with Gasteiger partial charge in [0, 0.05) is 24.0 Å². The van der Waals surface area contributed by atoms with Gasteiger partial charge in [-0.25, -0.2) is 9.97 Å². The predicted molar refractivity (Wildman–Crippen MR) is 110 cm³/mol. The van der Waals surface area contributed by atoms with E-state index >= 15 is 0 Å². The lowest BCUT2D eigenvalue weighted by molar-refractivity contribution is -0.142. The van der Waals surface area contributed by atoms with E-state index in [1.807, 2.05) is 0 Å². The molecule has 2 aromatic heterocycles. The first-order valence-corrected chi connectivity index (χ1v) is 10.2. The highest BCUT2D eigenvalue weighted by Gasteiger charge is 2.27. The van der Waals surface area contributed by atoms with E-state index in [0.29, 0.717) is 31.8 Å². The molecule has 0 bridgehead atoms. The summed E-state index contributed by atoms with van der Waals surface area (Å²) in [7, 11) is 0. The molecular weight excluding hydrogens is 358 g/mol. The van der Waals surface area contributed by atoms with Crippen molar-refractivity contribution in [3.63, 3.8) is 0 Å². The van der Waals surface area contributed by atoms with Gasteiger partial charge in [0.25, 0.3) is 0 Å². The molecule has 5 nitrogen and oxygen atoms in total. The Morgan fingerprint density at radius 3 is 2.52 bits per heavy atom. The van der Waals surface area contributed by atoms with Crippen LogP contribution in [-0.2, 0) is 4.79 Å². The van der Waals surface area contributed by atoms with Gasteiger partial charge >= 0.3 is 5.97 Å². The molecule has 1 aliphatic heterocycles. The Morgan fingerprint density at radius 2 is 1.89 bits per heavy atom. The summed E-state index contributed by atoms with van der Waals surface area (Å²) >= 11 is 1.63. The standard InChI is InChI=1S/C21H23N3O2S/c1-13(2)14-3-5-15(6-4-14)17-11-27-20-18(17)19(22-12-23-20)24-9-7-16(8-10-24)21(25)26/h3-6,11-13,16H,7-10H2,1-2H3,(H,25,26). The molecule has 140 valence electrons. The number of piperidine rings is 1. The van der Waals surface area contributed by atoms with Crippen molar-refractivity contribution in [1.82, 2.24) is 9.97 Å². The van der Waals surface area contributed by atoms with Crippen molar-refractivity contribution in [2.45, 2.75) is 32.6 Å². The summed E-state index contributed by atoms with van der Waals surface area (Å²) in [5.74, 6) is 0.494. The van der Waals surface area contributed by atoms with Crippen LogP contribution in [0.5, 0.6) is 0 Å². The third kappa shape index (κ3) is 3.41. The predicted octanol–water partition coefficient (Wildman–Crippen LogP) is 4.78. The molecule has 1 N–H and O–H groups in total. The number of carbonyl (C=O) groups is 1. The summed E-state index contributed by atoms with van der Waals surface area (Å²) in [6, 6.07) is 8.71. The van der Waals surface area contributed by atoms with Crippen molar-refractivity contribution in [3.8, 4) is 11.1 Å². The first kappa shape index (κ1) is 17.9. The minimum absolute atomic E-state index is 0.246. The van der Waals surface area contributed by atoms with E-state index in [1.165, 1.54) is 11.1 Å². The van der Waals surface area contributed by atoms with Crippen LogP contribution in [0.25, 0.3) is 21.3 Å². The van der Waals surface area contributed by atoms with Gasteiger partial charge in [-0.15, -0.1) is 11.3 Å². The quantitative estimate of drug-likeness (QED) is 0.704. The second-order valence-electron chi connectivity index (χ2n) is 7.40. The van der Waals surface area contributed by atoms with Crippen LogP contribution in [0, 0.1) is 5.92 Å². The maximum Gasteiger partial charge on any atom is 0.306 e. The second kappa shape index (κ2) is 7.27. The van der Waals surface area contributed by atoms with E-state index < -0.39 is 5.97 Å². The molecule has 1 fully saturated rings. The van der Waals surface area contributed by atoms with Crippen LogP contribution in [0.2, 0.25) is 0 Å². The molecule has 0 atom stereocenters. The van der Waals surface area contributed by atoms with Gasteiger partial charge in [0.15, 0.2) is 0 Å². The van der Waals surface area contributed by atoms with E-state index in [0.717, 1.165) is 21.6 Å². The minimum atomic E-state index is -0.691. The number of hydrogen-bond donors (Lipinski definition) is 1. The fourth-order valence-corrected chi connectivity index (χ4v) is 4.61. The molecule has 3 heterocycles. The maximum atomic E-state index is 11.2. The molecule has 0 saturated carbocycles. The zero-order valence-electron chi connectivity index (χ0n) is 15.6. The van der Waals surface area contributed by atoms with Gasteiger partial charge in [-0.05, 0) is 29.9 Å². The molecule has 4 rings (SSSR count). The van der Waals surface area contributed by atoms with E-state index in [4.69, 9.17) is 0 Å². The van der Waals surface area contributed by atoms with Crippen molar-refractivity contribution >= 4 is 33.3 Å². The maximum absolute atomic E-state index is 11.2. The number of nitrogens with zero attached hydrogens (tertiary/aromatic N) is 3. The molecule has 0 amide bonds. The summed E-state index contributed by atoms with van der Waals surface area (Å²) < 4.78 is 0. The highest BCUT2D eigenvalue weighted by molar-refractivity contribution is 7.17. The molecule has 6 heteroatoms. The number of carboxylic acids is 1. The molecule has 0 aliphatic carbocycles. The Morgan fingerprint density at radius 1 is 1.19 bits per heavy atom. The average Bonchev–Trinajstić information content (AvgIpc) is 3.12. The SMILES string of the molecule is CC(C)c1ccc(-c2csc3ncnc(N4CCC(C(=O)O)CC4)c23)cc1. The normalized spacial score (nSPS) is 15.6. The lowest BCUT2D eigenvalue weighted by Crippen LogP contribution is -2.36. The summed E-state index contributed by atoms with van der Waals surface area (Å²) in [5.41, 5.74) is 3.65. The fraction of sp³-hybridized carbons (Fsp3) is 0.381. The van der Waals surface area contributed by atoms with Gasteiger partial charge in [-0.1, -0.05) is 38.1 Å². The van der Waals surface area contributed by atoms with Crippen LogP contribution in [0.4, 0.5) is 5.82 Å². The summed E-state index contributed by atoms with van der Waals surface area (Å²) in [4.78, 5) is 23.5. The number of hydrogen-bond acceptors (Lipinski definition) is 5. The summed E-state index contributed by atoms with van der Waals surface area (Å²) in [5, 5.41) is 12.5. The monoisotopic (exact) mass is 381 g/mol. The Bertz CT molecular complexity index is 957. The van der Waals surface area contributed by atoms with Gasteiger partial charge < -0.3 is 10.0 Å². The number of aromatic nitrogens is 2. The molecule has 27 heavy (non-hydrogen) atoms. The van der Waals surface area contributed by atoms with E-state index in [-0.39, 0.29) is 5.92 Å². The van der Waals surface area contributed by atoms with Crippen molar-refractivity contribution in [2.75, 3.05) is 18.0 Å². The Kier molecular flexibility index (Phi) is 4.83. The number of rotatable bonds is 4. The van der Waals surface area contributed by atoms with Gasteiger partial charge in [0.1, 0.15) is 17.0 Å². The van der Waals surface area contributed by atoms with Crippen molar-refractivity contribution in [2.24, 2.45) is 5.92 Å². The fourth-order valence-electron chi connectivity index (χ4n) is 3.70.